The van der Waals surface area contributed by atoms with Crippen LogP contribution in [0, 0.1) is 29.4 Å². The van der Waals surface area contributed by atoms with E-state index in [-0.39, 0.29) is 24.5 Å². The van der Waals surface area contributed by atoms with Crippen LogP contribution in [0.3, 0.4) is 0 Å². The molecule has 10 heteroatoms. The van der Waals surface area contributed by atoms with Gasteiger partial charge in [0.2, 0.25) is 0 Å². The number of hydrogen-bond acceptors (Lipinski definition) is 4. The van der Waals surface area contributed by atoms with Crippen molar-refractivity contribution in [3.05, 3.63) is 23.8 Å². The third-order valence-corrected chi connectivity index (χ3v) is 6.26. The summed E-state index contributed by atoms with van der Waals surface area (Å²) in [7, 11) is 0. The molecule has 2 aliphatic rings. The Morgan fingerprint density at radius 3 is 2.12 bits per heavy atom. The Kier molecular flexibility index (Phi) is 9.15. The van der Waals surface area contributed by atoms with Crippen LogP contribution in [-0.4, -0.2) is 32.2 Å². The van der Waals surface area contributed by atoms with Gasteiger partial charge in [-0.3, -0.25) is 0 Å². The second-order valence-electron chi connectivity index (χ2n) is 8.84. The third kappa shape index (κ3) is 7.67. The fourth-order valence-electron chi connectivity index (χ4n) is 4.55. The first-order valence-electron chi connectivity index (χ1n) is 11.4. The first kappa shape index (κ1) is 25.9. The maximum atomic E-state index is 14.2. The maximum absolute atomic E-state index is 14.2. The largest absolute Gasteiger partial charge is 0.432 e. The molecule has 188 valence electrons. The van der Waals surface area contributed by atoms with E-state index < -0.39 is 42.3 Å². The second kappa shape index (κ2) is 11.6. The Morgan fingerprint density at radius 1 is 0.970 bits per heavy atom. The molecule has 1 aliphatic heterocycles. The molecule has 2 fully saturated rings. The highest BCUT2D eigenvalue weighted by Gasteiger charge is 2.36. The molecule has 0 aromatic heterocycles. The summed E-state index contributed by atoms with van der Waals surface area (Å²) in [4.78, 5) is 0. The molecule has 0 atom stereocenters. The molecule has 0 unspecified atom stereocenters. The highest BCUT2D eigenvalue weighted by Crippen LogP contribution is 2.38. The molecule has 33 heavy (non-hydrogen) atoms. The van der Waals surface area contributed by atoms with E-state index >= 15 is 0 Å². The first-order valence-corrected chi connectivity index (χ1v) is 11.4. The summed E-state index contributed by atoms with van der Waals surface area (Å²) in [5, 5.41) is 0. The average molecular weight is 484 g/mol. The molecule has 4 nitrogen and oxygen atoms in total. The molecular weight excluding hydrogens is 454 g/mol. The highest BCUT2D eigenvalue weighted by molar-refractivity contribution is 5.35. The molecule has 0 spiro atoms. The van der Waals surface area contributed by atoms with Crippen molar-refractivity contribution in [2.75, 3.05) is 13.2 Å². The molecule has 1 saturated carbocycles. The van der Waals surface area contributed by atoms with Gasteiger partial charge in [-0.1, -0.05) is 13.3 Å². The van der Waals surface area contributed by atoms with Gasteiger partial charge in [-0.2, -0.15) is 17.6 Å². The van der Waals surface area contributed by atoms with E-state index in [0.717, 1.165) is 38.5 Å². The number of alkyl halides is 4. The lowest BCUT2D eigenvalue weighted by molar-refractivity contribution is -0.230. The zero-order valence-electron chi connectivity index (χ0n) is 18.5. The Hall–Kier alpha value is -1.68. The van der Waals surface area contributed by atoms with Crippen LogP contribution in [0.25, 0.3) is 0 Å². The molecule has 3 rings (SSSR count). The summed E-state index contributed by atoms with van der Waals surface area (Å²) in [5.74, 6) is -4.49. The van der Waals surface area contributed by atoms with Gasteiger partial charge >= 0.3 is 12.7 Å². The van der Waals surface area contributed by atoms with E-state index in [1.54, 1.807) is 0 Å². The summed E-state index contributed by atoms with van der Waals surface area (Å²) in [5.41, 5.74) is 0. The third-order valence-electron chi connectivity index (χ3n) is 6.26. The van der Waals surface area contributed by atoms with E-state index in [9.17, 15) is 26.3 Å². The standard InChI is InChI=1S/C23H30F6O4/c1-2-3-15-12-30-21(31-13-15)16-6-4-14(5-7-16)8-9-23(28,29)33-17-10-18(24)20(19(25)11-17)32-22(26)27/h10-11,14-16,21-22H,2-9,12-13H2,1H3. The lowest BCUT2D eigenvalue weighted by Crippen LogP contribution is -2.38. The van der Waals surface area contributed by atoms with Gasteiger partial charge in [0.05, 0.1) is 19.6 Å². The van der Waals surface area contributed by atoms with Crippen molar-refractivity contribution in [2.24, 2.45) is 17.8 Å². The topological polar surface area (TPSA) is 36.9 Å². The molecule has 1 heterocycles. The van der Waals surface area contributed by atoms with Gasteiger partial charge in [-0.05, 0) is 44.4 Å². The van der Waals surface area contributed by atoms with Crippen LogP contribution in [0.4, 0.5) is 26.3 Å². The number of hydrogen-bond donors (Lipinski definition) is 0. The predicted molar refractivity (Wildman–Crippen MR) is 107 cm³/mol. The van der Waals surface area contributed by atoms with Gasteiger partial charge in [0.25, 0.3) is 0 Å². The van der Waals surface area contributed by atoms with Crippen LogP contribution in [-0.2, 0) is 9.47 Å². The van der Waals surface area contributed by atoms with E-state index in [1.807, 2.05) is 0 Å². The quantitative estimate of drug-likeness (QED) is 0.338. The molecule has 0 N–H and O–H groups in total. The summed E-state index contributed by atoms with van der Waals surface area (Å²) in [6, 6.07) is 0.796. The Labute approximate surface area is 189 Å². The lowest BCUT2D eigenvalue weighted by atomic mass is 9.79. The summed E-state index contributed by atoms with van der Waals surface area (Å²) in [6.45, 7) is 0.0585. The van der Waals surface area contributed by atoms with Crippen molar-refractivity contribution >= 4 is 0 Å². The van der Waals surface area contributed by atoms with E-state index in [1.165, 1.54) is 0 Å². The van der Waals surface area contributed by atoms with Gasteiger partial charge in [0, 0.05) is 24.0 Å². The van der Waals surface area contributed by atoms with E-state index in [4.69, 9.17) is 9.47 Å². The van der Waals surface area contributed by atoms with E-state index in [2.05, 4.69) is 16.4 Å². The van der Waals surface area contributed by atoms with Crippen molar-refractivity contribution < 1.29 is 45.3 Å². The molecule has 1 aliphatic carbocycles. The van der Waals surface area contributed by atoms with E-state index in [0.29, 0.717) is 31.3 Å². The molecule has 0 bridgehead atoms. The minimum atomic E-state index is -3.66. The van der Waals surface area contributed by atoms with Crippen LogP contribution in [0.15, 0.2) is 12.1 Å². The smallest absolute Gasteiger partial charge is 0.397 e. The number of ether oxygens (including phenoxy) is 4. The van der Waals surface area contributed by atoms with Crippen LogP contribution in [0.5, 0.6) is 11.5 Å². The van der Waals surface area contributed by atoms with Gasteiger partial charge < -0.3 is 18.9 Å². The zero-order valence-corrected chi connectivity index (χ0v) is 18.5. The monoisotopic (exact) mass is 484 g/mol. The number of rotatable bonds is 10. The molecular formula is C23H30F6O4. The van der Waals surface area contributed by atoms with Crippen LogP contribution in [0.1, 0.15) is 58.3 Å². The number of halogens is 6. The zero-order chi connectivity index (χ0) is 24.0. The molecule has 1 aromatic rings. The Bertz CT molecular complexity index is 723. The average Bonchev–Trinajstić information content (AvgIpc) is 2.76. The summed E-state index contributed by atoms with van der Waals surface area (Å²) < 4.78 is 100. The molecule has 1 saturated heterocycles. The van der Waals surface area contributed by atoms with Gasteiger partial charge in [-0.25, -0.2) is 8.78 Å². The lowest BCUT2D eigenvalue weighted by Gasteiger charge is -2.37. The van der Waals surface area contributed by atoms with Crippen LogP contribution < -0.4 is 9.47 Å². The van der Waals surface area contributed by atoms with Crippen molar-refractivity contribution in [2.45, 2.75) is 77.3 Å². The Morgan fingerprint density at radius 2 is 1.58 bits per heavy atom. The maximum Gasteiger partial charge on any atom is 0.397 e. The normalized spacial score (nSPS) is 26.4. The summed E-state index contributed by atoms with van der Waals surface area (Å²) >= 11 is 0. The van der Waals surface area contributed by atoms with Crippen molar-refractivity contribution in [3.8, 4) is 11.5 Å². The Balaban J connectivity index is 1.43. The minimum absolute atomic E-state index is 0.0717. The van der Waals surface area contributed by atoms with Crippen molar-refractivity contribution in [3.63, 3.8) is 0 Å². The SMILES string of the molecule is CCCC1COC(C2CCC(CCC(F)(F)Oc3cc(F)c(OC(F)F)c(F)c3)CC2)OC1. The van der Waals surface area contributed by atoms with Crippen molar-refractivity contribution in [1.29, 1.82) is 0 Å². The van der Waals surface area contributed by atoms with Gasteiger partial charge in [-0.15, -0.1) is 0 Å². The fourth-order valence-corrected chi connectivity index (χ4v) is 4.55. The summed E-state index contributed by atoms with van der Waals surface area (Å²) in [6.07, 6.45) is 0.974. The predicted octanol–water partition coefficient (Wildman–Crippen LogP) is 6.91. The highest BCUT2D eigenvalue weighted by atomic mass is 19.3. The van der Waals surface area contributed by atoms with Crippen molar-refractivity contribution in [1.82, 2.24) is 0 Å². The molecule has 0 amide bonds. The van der Waals surface area contributed by atoms with Crippen LogP contribution >= 0.6 is 0 Å². The fraction of sp³-hybridized carbons (Fsp3) is 0.739. The van der Waals surface area contributed by atoms with Crippen LogP contribution in [0.2, 0.25) is 0 Å². The second-order valence-corrected chi connectivity index (χ2v) is 8.84. The molecule has 0 radical (unpaired) electrons. The van der Waals surface area contributed by atoms with Gasteiger partial charge in [0.1, 0.15) is 5.75 Å². The number of benzene rings is 1. The van der Waals surface area contributed by atoms with Gasteiger partial charge in [0.15, 0.2) is 23.7 Å². The molecule has 1 aromatic carbocycles. The minimum Gasteiger partial charge on any atom is -0.432 e. The first-order chi connectivity index (χ1) is 15.7.